The van der Waals surface area contributed by atoms with E-state index in [2.05, 4.69) is 63.3 Å². The van der Waals surface area contributed by atoms with Gasteiger partial charge in [0.15, 0.2) is 0 Å². The van der Waals surface area contributed by atoms with E-state index in [9.17, 15) is 0 Å². The van der Waals surface area contributed by atoms with Crippen molar-refractivity contribution < 1.29 is 4.48 Å². The van der Waals surface area contributed by atoms with Crippen LogP contribution in [0.3, 0.4) is 0 Å². The second-order valence-electron chi connectivity index (χ2n) is 8.69. The summed E-state index contributed by atoms with van der Waals surface area (Å²) in [5.74, 6) is 0. The molecule has 0 aromatic heterocycles. The van der Waals surface area contributed by atoms with Gasteiger partial charge in [-0.1, -0.05) is 95.7 Å². The summed E-state index contributed by atoms with van der Waals surface area (Å²) in [4.78, 5) is 0. The Hall–Kier alpha value is -1.08. The number of rotatable bonds is 18. The lowest BCUT2D eigenvalue weighted by atomic mass is 10.1. The quantitative estimate of drug-likeness (QED) is 0.176. The van der Waals surface area contributed by atoms with Crippen molar-refractivity contribution in [2.75, 3.05) is 26.2 Å². The van der Waals surface area contributed by atoms with Gasteiger partial charge in [-0.3, -0.25) is 0 Å². The maximum absolute atomic E-state index is 2.47. The third kappa shape index (κ3) is 11.7. The van der Waals surface area contributed by atoms with E-state index in [1.165, 1.54) is 113 Å². The molecule has 0 radical (unpaired) electrons. The molecule has 28 heavy (non-hydrogen) atoms. The fourth-order valence-corrected chi connectivity index (χ4v) is 4.21. The predicted octanol–water partition coefficient (Wildman–Crippen LogP) is 8.26. The van der Waals surface area contributed by atoms with Crippen molar-refractivity contribution in [3.63, 3.8) is 0 Å². The van der Waals surface area contributed by atoms with Gasteiger partial charge in [-0.2, -0.15) is 0 Å². The highest BCUT2D eigenvalue weighted by atomic mass is 15.3. The summed E-state index contributed by atoms with van der Waals surface area (Å²) in [5, 5.41) is 0. The smallest absolute Gasteiger partial charge is 0.0977 e. The van der Waals surface area contributed by atoms with E-state index < -0.39 is 0 Å². The molecule has 1 nitrogen and oxygen atoms in total. The second-order valence-corrected chi connectivity index (χ2v) is 8.69. The van der Waals surface area contributed by atoms with Crippen molar-refractivity contribution in [2.45, 2.75) is 97.8 Å². The van der Waals surface area contributed by atoms with Crippen LogP contribution in [-0.4, -0.2) is 30.7 Å². The first-order valence-corrected chi connectivity index (χ1v) is 12.3. The van der Waals surface area contributed by atoms with Crippen molar-refractivity contribution in [2.24, 2.45) is 0 Å². The van der Waals surface area contributed by atoms with Gasteiger partial charge >= 0.3 is 0 Å². The predicted molar refractivity (Wildman–Crippen MR) is 128 cm³/mol. The molecule has 1 heteroatoms. The Balaban J connectivity index is 2.76. The molecule has 1 aromatic rings. The Kier molecular flexibility index (Phi) is 15.0. The Labute approximate surface area is 176 Å². The molecule has 160 valence electrons. The summed E-state index contributed by atoms with van der Waals surface area (Å²) in [7, 11) is 0. The standard InChI is InChI=1S/C27H48N/c1-4-7-10-16-23-28(24-17-11-8-5-2,25-18-12-9-6-3)26-19-22-27-20-14-13-15-21-27/h13-15,19-22H,4-12,16-18,23-26H2,1-3H3/q+1. The number of unbranched alkanes of at least 4 members (excludes halogenated alkanes) is 9. The lowest BCUT2D eigenvalue weighted by molar-refractivity contribution is -0.923. The molecule has 0 unspecified atom stereocenters. The minimum Gasteiger partial charge on any atom is -0.320 e. The normalized spacial score (nSPS) is 12.1. The molecule has 0 fully saturated rings. The monoisotopic (exact) mass is 386 g/mol. The van der Waals surface area contributed by atoms with Gasteiger partial charge in [-0.05, 0) is 50.2 Å². The van der Waals surface area contributed by atoms with Gasteiger partial charge in [-0.25, -0.2) is 0 Å². The molecule has 1 rings (SSSR count). The van der Waals surface area contributed by atoms with Crippen LogP contribution in [0.1, 0.15) is 103 Å². The summed E-state index contributed by atoms with van der Waals surface area (Å²) in [6.45, 7) is 12.3. The third-order valence-electron chi connectivity index (χ3n) is 6.06. The lowest BCUT2D eigenvalue weighted by Gasteiger charge is -2.38. The zero-order chi connectivity index (χ0) is 20.3. The van der Waals surface area contributed by atoms with Gasteiger partial charge in [-0.15, -0.1) is 0 Å². The summed E-state index contributed by atoms with van der Waals surface area (Å²) in [6.07, 6.45) is 21.4. The topological polar surface area (TPSA) is 0 Å². The first kappa shape index (κ1) is 25.0. The number of nitrogens with zero attached hydrogens (tertiary/aromatic N) is 1. The largest absolute Gasteiger partial charge is 0.320 e. The van der Waals surface area contributed by atoms with Crippen molar-refractivity contribution in [3.05, 3.63) is 42.0 Å². The molecule has 1 aromatic carbocycles. The molecular formula is C27H48N+. The summed E-state index contributed by atoms with van der Waals surface area (Å²) >= 11 is 0. The molecule has 0 atom stereocenters. The van der Waals surface area contributed by atoms with E-state index in [4.69, 9.17) is 0 Å². The van der Waals surface area contributed by atoms with Gasteiger partial charge in [0.25, 0.3) is 0 Å². The van der Waals surface area contributed by atoms with Gasteiger partial charge < -0.3 is 4.48 Å². The van der Waals surface area contributed by atoms with Crippen LogP contribution in [0.15, 0.2) is 36.4 Å². The van der Waals surface area contributed by atoms with Crippen molar-refractivity contribution in [1.29, 1.82) is 0 Å². The molecule has 0 amide bonds. The van der Waals surface area contributed by atoms with Crippen LogP contribution in [0, 0.1) is 0 Å². The highest BCUT2D eigenvalue weighted by molar-refractivity contribution is 5.48. The van der Waals surface area contributed by atoms with Crippen LogP contribution in [0.25, 0.3) is 6.08 Å². The van der Waals surface area contributed by atoms with E-state index in [0.717, 1.165) is 0 Å². The molecule has 0 aliphatic heterocycles. The summed E-state index contributed by atoms with van der Waals surface area (Å²) < 4.78 is 1.32. The average molecular weight is 387 g/mol. The summed E-state index contributed by atoms with van der Waals surface area (Å²) in [6, 6.07) is 10.8. The zero-order valence-electron chi connectivity index (χ0n) is 19.3. The highest BCUT2D eigenvalue weighted by Gasteiger charge is 2.24. The van der Waals surface area contributed by atoms with Crippen molar-refractivity contribution in [3.8, 4) is 0 Å². The molecule has 0 saturated carbocycles. The Bertz CT molecular complexity index is 445. The minimum absolute atomic E-state index is 1.21. The number of benzene rings is 1. The fourth-order valence-electron chi connectivity index (χ4n) is 4.21. The SMILES string of the molecule is CCCCCC[N+](CC=Cc1ccccc1)(CCCCCC)CCCCCC. The van der Waals surface area contributed by atoms with Crippen LogP contribution < -0.4 is 0 Å². The molecule has 0 spiro atoms. The first-order valence-electron chi connectivity index (χ1n) is 12.3. The Morgan fingerprint density at radius 1 is 0.607 bits per heavy atom. The van der Waals surface area contributed by atoms with E-state index in [1.54, 1.807) is 0 Å². The lowest BCUT2D eigenvalue weighted by Crippen LogP contribution is -2.50. The molecule has 0 saturated heterocycles. The van der Waals surface area contributed by atoms with Gasteiger partial charge in [0.05, 0.1) is 26.2 Å². The van der Waals surface area contributed by atoms with Gasteiger partial charge in [0, 0.05) is 0 Å². The fraction of sp³-hybridized carbons (Fsp3) is 0.704. The molecule has 0 N–H and O–H groups in total. The Morgan fingerprint density at radius 2 is 1.07 bits per heavy atom. The molecule has 0 bridgehead atoms. The van der Waals surface area contributed by atoms with Crippen LogP contribution in [0.5, 0.6) is 0 Å². The second kappa shape index (κ2) is 16.8. The van der Waals surface area contributed by atoms with Crippen molar-refractivity contribution in [1.82, 2.24) is 0 Å². The van der Waals surface area contributed by atoms with Gasteiger partial charge in [0.2, 0.25) is 0 Å². The molecule has 0 aliphatic rings. The number of hydrogen-bond acceptors (Lipinski definition) is 0. The molecule has 0 heterocycles. The third-order valence-corrected chi connectivity index (χ3v) is 6.06. The first-order chi connectivity index (χ1) is 13.8. The van der Waals surface area contributed by atoms with Crippen LogP contribution in [-0.2, 0) is 0 Å². The van der Waals surface area contributed by atoms with Crippen LogP contribution >= 0.6 is 0 Å². The molecular weight excluding hydrogens is 338 g/mol. The molecule has 0 aliphatic carbocycles. The van der Waals surface area contributed by atoms with E-state index in [1.807, 2.05) is 0 Å². The highest BCUT2D eigenvalue weighted by Crippen LogP contribution is 2.18. The zero-order valence-corrected chi connectivity index (χ0v) is 19.3. The van der Waals surface area contributed by atoms with E-state index in [0.29, 0.717) is 0 Å². The average Bonchev–Trinajstić information content (AvgIpc) is 2.72. The number of quaternary nitrogens is 1. The van der Waals surface area contributed by atoms with Crippen LogP contribution in [0.2, 0.25) is 0 Å². The van der Waals surface area contributed by atoms with Crippen LogP contribution in [0.4, 0.5) is 0 Å². The Morgan fingerprint density at radius 3 is 1.50 bits per heavy atom. The summed E-state index contributed by atoms with van der Waals surface area (Å²) in [5.41, 5.74) is 1.34. The maximum Gasteiger partial charge on any atom is 0.0977 e. The maximum atomic E-state index is 2.47. The van der Waals surface area contributed by atoms with E-state index >= 15 is 0 Å². The minimum atomic E-state index is 1.21. The number of hydrogen-bond donors (Lipinski definition) is 0. The van der Waals surface area contributed by atoms with Crippen molar-refractivity contribution >= 4 is 6.08 Å². The van der Waals surface area contributed by atoms with E-state index in [-0.39, 0.29) is 0 Å². The van der Waals surface area contributed by atoms with Gasteiger partial charge in [0.1, 0.15) is 0 Å².